The molecule has 0 saturated heterocycles. The molecule has 0 spiro atoms. The van der Waals surface area contributed by atoms with Gasteiger partial charge in [-0.25, -0.2) is 9.97 Å². The molecule has 0 bridgehead atoms. The molecule has 10 heteroatoms. The molecule has 9 nitrogen and oxygen atoms in total. The van der Waals surface area contributed by atoms with Crippen LogP contribution in [-0.2, 0) is 26.8 Å². The van der Waals surface area contributed by atoms with Crippen molar-refractivity contribution < 1.29 is 23.1 Å². The summed E-state index contributed by atoms with van der Waals surface area (Å²) in [5, 5.41) is 0. The number of ether oxygens (including phenoxy) is 2. The quantitative estimate of drug-likeness (QED) is 0.684. The van der Waals surface area contributed by atoms with Crippen molar-refractivity contribution in [3.05, 3.63) is 35.7 Å². The van der Waals surface area contributed by atoms with Crippen LogP contribution in [0.15, 0.2) is 24.3 Å². The van der Waals surface area contributed by atoms with E-state index >= 15 is 0 Å². The minimum absolute atomic E-state index is 0.0374. The van der Waals surface area contributed by atoms with Gasteiger partial charge in [-0.05, 0) is 0 Å². The van der Waals surface area contributed by atoms with Gasteiger partial charge in [0, 0.05) is 28.8 Å². The monoisotopic (exact) mass is 353 g/mol. The van der Waals surface area contributed by atoms with Gasteiger partial charge in [0.05, 0.1) is 25.6 Å². The van der Waals surface area contributed by atoms with Gasteiger partial charge >= 0.3 is 8.25 Å². The van der Waals surface area contributed by atoms with Gasteiger partial charge in [0.1, 0.15) is 36.3 Å². The van der Waals surface area contributed by atoms with E-state index in [1.807, 2.05) is 0 Å². The molecule has 0 fully saturated rings. The van der Waals surface area contributed by atoms with E-state index in [4.69, 9.17) is 30.0 Å². The molecule has 2 aromatic heterocycles. The second kappa shape index (κ2) is 8.39. The number of anilines is 2. The molecule has 0 aliphatic heterocycles. The molecule has 0 unspecified atom stereocenters. The number of hydrogen-bond donors (Lipinski definition) is 2. The average Bonchev–Trinajstić information content (AvgIpc) is 2.57. The smallest absolute Gasteiger partial charge is 0.497 e. The third kappa shape index (κ3) is 5.31. The predicted octanol–water partition coefficient (Wildman–Crippen LogP) is 2.05. The Morgan fingerprint density at radius 1 is 0.875 bits per heavy atom. The van der Waals surface area contributed by atoms with Crippen LogP contribution in [0.5, 0.6) is 11.5 Å². The molecule has 24 heavy (non-hydrogen) atoms. The van der Waals surface area contributed by atoms with E-state index < -0.39 is 8.25 Å². The van der Waals surface area contributed by atoms with E-state index in [1.54, 1.807) is 24.3 Å². The number of aromatic nitrogens is 2. The number of methoxy groups -OCH3 is 2. The SMILES string of the molecule is COc1cc(N)nc(CO[P+](=O)OCc2cc(OC)cc(N)n2)c1. The molecule has 0 aliphatic rings. The fourth-order valence-electron chi connectivity index (χ4n) is 1.82. The molecule has 0 saturated carbocycles. The zero-order chi connectivity index (χ0) is 17.5. The van der Waals surface area contributed by atoms with Crippen molar-refractivity contribution in [2.75, 3.05) is 25.7 Å². The minimum atomic E-state index is -2.37. The molecular weight excluding hydrogens is 335 g/mol. The standard InChI is InChI=1S/C14H18N4O5P/c1-20-11-3-9(17-13(15)5-11)7-22-24(19)23-8-10-4-12(21-2)6-14(16)18-10/h3-6H,7-8H2,1-2H3,(H2,15,17)(H2,16,18)/q+1. The molecule has 0 amide bonds. The van der Waals surface area contributed by atoms with Crippen LogP contribution in [0, 0.1) is 0 Å². The fourth-order valence-corrected chi connectivity index (χ4v) is 2.37. The van der Waals surface area contributed by atoms with Crippen molar-refractivity contribution in [2.45, 2.75) is 13.2 Å². The Kier molecular flexibility index (Phi) is 6.25. The van der Waals surface area contributed by atoms with Crippen molar-refractivity contribution in [2.24, 2.45) is 0 Å². The summed E-state index contributed by atoms with van der Waals surface area (Å²) < 4.78 is 32.2. The number of nitrogens with zero attached hydrogens (tertiary/aromatic N) is 2. The van der Waals surface area contributed by atoms with Gasteiger partial charge in [0.15, 0.2) is 0 Å². The summed E-state index contributed by atoms with van der Waals surface area (Å²) in [4.78, 5) is 8.10. The normalized spacial score (nSPS) is 10.4. The van der Waals surface area contributed by atoms with Gasteiger partial charge in [0.2, 0.25) is 0 Å². The lowest BCUT2D eigenvalue weighted by Gasteiger charge is -2.03. The Hall–Kier alpha value is -2.48. The first-order valence-electron chi connectivity index (χ1n) is 6.84. The lowest BCUT2D eigenvalue weighted by molar-refractivity contribution is 0.209. The lowest BCUT2D eigenvalue weighted by Crippen LogP contribution is -2.00. The summed E-state index contributed by atoms with van der Waals surface area (Å²) in [6, 6.07) is 6.39. The van der Waals surface area contributed by atoms with Crippen molar-refractivity contribution in [3.8, 4) is 11.5 Å². The summed E-state index contributed by atoms with van der Waals surface area (Å²) >= 11 is 0. The van der Waals surface area contributed by atoms with E-state index in [-0.39, 0.29) is 24.8 Å². The van der Waals surface area contributed by atoms with Crippen molar-refractivity contribution in [1.82, 2.24) is 9.97 Å². The number of nitrogens with two attached hydrogens (primary N) is 2. The topological polar surface area (TPSA) is 132 Å². The molecule has 0 atom stereocenters. The Bertz CT molecular complexity index is 669. The number of pyridine rings is 2. The van der Waals surface area contributed by atoms with Gasteiger partial charge in [-0.15, -0.1) is 9.05 Å². The highest BCUT2D eigenvalue weighted by atomic mass is 31.1. The van der Waals surface area contributed by atoms with E-state index in [9.17, 15) is 4.57 Å². The van der Waals surface area contributed by atoms with Gasteiger partial charge in [-0.1, -0.05) is 0 Å². The van der Waals surface area contributed by atoms with Gasteiger partial charge in [0.25, 0.3) is 0 Å². The molecule has 128 valence electrons. The van der Waals surface area contributed by atoms with Crippen LogP contribution < -0.4 is 20.9 Å². The highest BCUT2D eigenvalue weighted by molar-refractivity contribution is 7.33. The first kappa shape index (κ1) is 17.9. The molecule has 0 aromatic carbocycles. The van der Waals surface area contributed by atoms with Gasteiger partial charge < -0.3 is 20.9 Å². The van der Waals surface area contributed by atoms with Crippen LogP contribution in [0.2, 0.25) is 0 Å². The summed E-state index contributed by atoms with van der Waals surface area (Å²) in [6.07, 6.45) is 0. The van der Waals surface area contributed by atoms with E-state index in [0.29, 0.717) is 22.9 Å². The van der Waals surface area contributed by atoms with Crippen LogP contribution in [-0.4, -0.2) is 24.2 Å². The Morgan fingerprint density at radius 2 is 1.29 bits per heavy atom. The predicted molar refractivity (Wildman–Crippen MR) is 87.6 cm³/mol. The van der Waals surface area contributed by atoms with Gasteiger partial charge in [-0.2, -0.15) is 0 Å². The molecular formula is C14H18N4O5P+. The first-order chi connectivity index (χ1) is 11.5. The largest absolute Gasteiger partial charge is 0.698 e. The Morgan fingerprint density at radius 3 is 1.67 bits per heavy atom. The molecule has 2 rings (SSSR count). The molecule has 0 aliphatic carbocycles. The summed E-state index contributed by atoms with van der Waals surface area (Å²) in [6.45, 7) is -0.0748. The lowest BCUT2D eigenvalue weighted by atomic mass is 10.3. The van der Waals surface area contributed by atoms with Crippen LogP contribution in [0.1, 0.15) is 11.4 Å². The maximum absolute atomic E-state index is 11.8. The fraction of sp³-hybridized carbons (Fsp3) is 0.286. The highest BCUT2D eigenvalue weighted by Gasteiger charge is 2.22. The third-order valence-electron chi connectivity index (χ3n) is 2.85. The van der Waals surface area contributed by atoms with Crippen molar-refractivity contribution in [3.63, 3.8) is 0 Å². The number of nitrogen functional groups attached to an aromatic ring is 2. The molecule has 2 aromatic rings. The first-order valence-corrected chi connectivity index (χ1v) is 7.93. The summed E-state index contributed by atoms with van der Waals surface area (Å²) in [7, 11) is 0.651. The second-order valence-corrected chi connectivity index (χ2v) is 5.58. The minimum Gasteiger partial charge on any atom is -0.497 e. The maximum atomic E-state index is 11.8. The van der Waals surface area contributed by atoms with E-state index in [0.717, 1.165) is 0 Å². The van der Waals surface area contributed by atoms with Crippen LogP contribution in [0.3, 0.4) is 0 Å². The number of hydrogen-bond acceptors (Lipinski definition) is 9. The highest BCUT2D eigenvalue weighted by Crippen LogP contribution is 2.28. The van der Waals surface area contributed by atoms with E-state index in [2.05, 4.69) is 9.97 Å². The van der Waals surface area contributed by atoms with Crippen LogP contribution >= 0.6 is 8.25 Å². The van der Waals surface area contributed by atoms with Crippen LogP contribution in [0.4, 0.5) is 11.6 Å². The summed E-state index contributed by atoms with van der Waals surface area (Å²) in [5.74, 6) is 1.63. The Labute approximate surface area is 139 Å². The molecule has 2 heterocycles. The zero-order valence-corrected chi connectivity index (χ0v) is 14.2. The summed E-state index contributed by atoms with van der Waals surface area (Å²) in [5.41, 5.74) is 12.2. The second-order valence-electron chi connectivity index (χ2n) is 4.62. The number of rotatable bonds is 8. The van der Waals surface area contributed by atoms with Crippen molar-refractivity contribution in [1.29, 1.82) is 0 Å². The average molecular weight is 353 g/mol. The van der Waals surface area contributed by atoms with Crippen molar-refractivity contribution >= 4 is 19.9 Å². The van der Waals surface area contributed by atoms with Crippen LogP contribution in [0.25, 0.3) is 0 Å². The zero-order valence-electron chi connectivity index (χ0n) is 13.3. The third-order valence-corrected chi connectivity index (χ3v) is 3.53. The van der Waals surface area contributed by atoms with E-state index in [1.165, 1.54) is 14.2 Å². The Balaban J connectivity index is 1.88. The molecule has 0 radical (unpaired) electrons. The molecule has 4 N–H and O–H groups in total. The van der Waals surface area contributed by atoms with Gasteiger partial charge in [-0.3, -0.25) is 0 Å². The maximum Gasteiger partial charge on any atom is 0.698 e.